The van der Waals surface area contributed by atoms with Gasteiger partial charge in [-0.05, 0) is 18.6 Å². The molecule has 0 N–H and O–H groups in total. The van der Waals surface area contributed by atoms with Crippen LogP contribution in [0.15, 0.2) is 41.3 Å². The smallest absolute Gasteiger partial charge is 0.287 e. The van der Waals surface area contributed by atoms with Gasteiger partial charge in [0.25, 0.3) is 5.56 Å². The van der Waals surface area contributed by atoms with E-state index in [0.717, 1.165) is 26.2 Å². The molecule has 27 heavy (non-hydrogen) atoms. The van der Waals surface area contributed by atoms with Gasteiger partial charge in [-0.1, -0.05) is 29.8 Å². The predicted molar refractivity (Wildman–Crippen MR) is 107 cm³/mol. The maximum atomic E-state index is 12.7. The first-order valence-corrected chi connectivity index (χ1v) is 11.2. The van der Waals surface area contributed by atoms with Crippen LogP contribution >= 0.6 is 11.6 Å². The quantitative estimate of drug-likeness (QED) is 0.767. The van der Waals surface area contributed by atoms with Crippen molar-refractivity contribution < 1.29 is 8.42 Å². The molecule has 9 heteroatoms. The second kappa shape index (κ2) is 7.16. The minimum absolute atomic E-state index is 0.0503. The summed E-state index contributed by atoms with van der Waals surface area (Å²) < 4.78 is 24.6. The van der Waals surface area contributed by atoms with Gasteiger partial charge >= 0.3 is 0 Å². The molecule has 2 fully saturated rings. The first-order chi connectivity index (χ1) is 12.9. The van der Waals surface area contributed by atoms with Crippen molar-refractivity contribution in [1.29, 1.82) is 0 Å². The number of sulfone groups is 1. The third-order valence-corrected chi connectivity index (χ3v) is 7.33. The van der Waals surface area contributed by atoms with E-state index in [-0.39, 0.29) is 16.5 Å². The molecule has 0 spiro atoms. The highest BCUT2D eigenvalue weighted by atomic mass is 35.5. The summed E-state index contributed by atoms with van der Waals surface area (Å²) >= 11 is 6.36. The third kappa shape index (κ3) is 3.68. The zero-order valence-electron chi connectivity index (χ0n) is 14.8. The van der Waals surface area contributed by atoms with E-state index < -0.39 is 21.4 Å². The van der Waals surface area contributed by atoms with E-state index >= 15 is 0 Å². The topological polar surface area (TPSA) is 75.5 Å². The van der Waals surface area contributed by atoms with Gasteiger partial charge < -0.3 is 9.80 Å². The molecule has 0 amide bonds. The first kappa shape index (κ1) is 18.3. The number of piperazine rings is 1. The SMILES string of the molecule is O=c1c(Cl)c(N2CCN(c3ccccc3)CC2)cnn1C1CCS(=O)(=O)C1. The van der Waals surface area contributed by atoms with E-state index in [1.54, 1.807) is 6.20 Å². The number of para-hydroxylation sites is 1. The molecule has 2 aliphatic heterocycles. The number of anilines is 2. The van der Waals surface area contributed by atoms with Crippen LogP contribution in [0.2, 0.25) is 5.02 Å². The van der Waals surface area contributed by atoms with E-state index in [1.807, 2.05) is 18.2 Å². The number of benzene rings is 1. The van der Waals surface area contributed by atoms with Crippen molar-refractivity contribution >= 4 is 32.8 Å². The van der Waals surface area contributed by atoms with Gasteiger partial charge in [0.05, 0.1) is 29.4 Å². The number of aromatic nitrogens is 2. The van der Waals surface area contributed by atoms with Gasteiger partial charge in [0.15, 0.2) is 9.84 Å². The van der Waals surface area contributed by atoms with Crippen molar-refractivity contribution in [2.45, 2.75) is 12.5 Å². The van der Waals surface area contributed by atoms with Crippen LogP contribution in [-0.2, 0) is 9.84 Å². The molecule has 2 aliphatic rings. The zero-order valence-corrected chi connectivity index (χ0v) is 16.4. The molecule has 0 saturated carbocycles. The van der Waals surface area contributed by atoms with Crippen LogP contribution < -0.4 is 15.4 Å². The Bertz CT molecular complexity index is 985. The highest BCUT2D eigenvalue weighted by molar-refractivity contribution is 7.91. The average Bonchev–Trinajstić information content (AvgIpc) is 3.04. The molecule has 0 bridgehead atoms. The molecule has 1 unspecified atom stereocenters. The standard InChI is InChI=1S/C18H21ClN4O3S/c19-17-16(12-20-23(18(17)24)15-6-11-27(25,26)13-15)22-9-7-21(8-10-22)14-4-2-1-3-5-14/h1-5,12,15H,6-11,13H2. The molecule has 2 saturated heterocycles. The first-order valence-electron chi connectivity index (χ1n) is 8.97. The molecule has 1 atom stereocenters. The fraction of sp³-hybridized carbons (Fsp3) is 0.444. The maximum Gasteiger partial charge on any atom is 0.287 e. The number of hydrogen-bond donors (Lipinski definition) is 0. The van der Waals surface area contributed by atoms with E-state index in [4.69, 9.17) is 11.6 Å². The van der Waals surface area contributed by atoms with E-state index in [0.29, 0.717) is 12.1 Å². The molecule has 4 rings (SSSR count). The molecule has 2 aromatic rings. The molecule has 7 nitrogen and oxygen atoms in total. The fourth-order valence-electron chi connectivity index (χ4n) is 3.73. The third-order valence-electron chi connectivity index (χ3n) is 5.22. The minimum atomic E-state index is -3.10. The van der Waals surface area contributed by atoms with Gasteiger partial charge in [-0.3, -0.25) is 4.79 Å². The van der Waals surface area contributed by atoms with Gasteiger partial charge in [0.1, 0.15) is 5.02 Å². The minimum Gasteiger partial charge on any atom is -0.368 e. The lowest BCUT2D eigenvalue weighted by Gasteiger charge is -2.37. The largest absolute Gasteiger partial charge is 0.368 e. The lowest BCUT2D eigenvalue weighted by Crippen LogP contribution is -2.47. The Labute approximate surface area is 163 Å². The van der Waals surface area contributed by atoms with Crippen molar-refractivity contribution in [3.63, 3.8) is 0 Å². The number of rotatable bonds is 3. The van der Waals surface area contributed by atoms with Crippen molar-refractivity contribution in [3.8, 4) is 0 Å². The summed E-state index contributed by atoms with van der Waals surface area (Å²) in [5.41, 5.74) is 1.38. The summed E-state index contributed by atoms with van der Waals surface area (Å²) in [5.74, 6) is 0.0396. The second-order valence-corrected chi connectivity index (χ2v) is 9.57. The highest BCUT2D eigenvalue weighted by Gasteiger charge is 2.31. The van der Waals surface area contributed by atoms with Crippen LogP contribution in [0, 0.1) is 0 Å². The van der Waals surface area contributed by atoms with Gasteiger partial charge in [-0.2, -0.15) is 5.10 Å². The zero-order chi connectivity index (χ0) is 19.0. The molecular formula is C18H21ClN4O3S. The van der Waals surface area contributed by atoms with E-state index in [1.165, 1.54) is 10.4 Å². The van der Waals surface area contributed by atoms with Crippen LogP contribution in [0.4, 0.5) is 11.4 Å². The Morgan fingerprint density at radius 2 is 1.70 bits per heavy atom. The van der Waals surface area contributed by atoms with E-state index in [2.05, 4.69) is 27.0 Å². The predicted octanol–water partition coefficient (Wildman–Crippen LogP) is 1.58. The van der Waals surface area contributed by atoms with Crippen molar-refractivity contribution in [3.05, 3.63) is 51.9 Å². The van der Waals surface area contributed by atoms with Gasteiger partial charge in [0, 0.05) is 31.9 Å². The molecule has 144 valence electrons. The Morgan fingerprint density at radius 3 is 2.33 bits per heavy atom. The van der Waals surface area contributed by atoms with Gasteiger partial charge in [0.2, 0.25) is 0 Å². The second-order valence-electron chi connectivity index (χ2n) is 6.96. The summed E-state index contributed by atoms with van der Waals surface area (Å²) in [6, 6.07) is 9.78. The summed E-state index contributed by atoms with van der Waals surface area (Å²) in [7, 11) is -3.10. The van der Waals surface area contributed by atoms with Crippen molar-refractivity contribution in [2.75, 3.05) is 47.5 Å². The van der Waals surface area contributed by atoms with Crippen LogP contribution in [0.5, 0.6) is 0 Å². The van der Waals surface area contributed by atoms with Crippen LogP contribution in [0.25, 0.3) is 0 Å². The fourth-order valence-corrected chi connectivity index (χ4v) is 5.68. The van der Waals surface area contributed by atoms with Gasteiger partial charge in [-0.25, -0.2) is 13.1 Å². The number of halogens is 1. The van der Waals surface area contributed by atoms with Crippen LogP contribution in [-0.4, -0.2) is 55.9 Å². The van der Waals surface area contributed by atoms with Crippen LogP contribution in [0.3, 0.4) is 0 Å². The normalized spacial score (nSPS) is 22.2. The molecule has 0 radical (unpaired) electrons. The Kier molecular flexibility index (Phi) is 4.86. The van der Waals surface area contributed by atoms with E-state index in [9.17, 15) is 13.2 Å². The number of nitrogens with zero attached hydrogens (tertiary/aromatic N) is 4. The highest BCUT2D eigenvalue weighted by Crippen LogP contribution is 2.27. The van der Waals surface area contributed by atoms with Crippen molar-refractivity contribution in [2.24, 2.45) is 0 Å². The average molecular weight is 409 g/mol. The Balaban J connectivity index is 1.51. The summed E-state index contributed by atoms with van der Waals surface area (Å²) in [5, 5.41) is 4.35. The van der Waals surface area contributed by atoms with Crippen molar-refractivity contribution in [1.82, 2.24) is 9.78 Å². The molecule has 1 aromatic heterocycles. The molecule has 3 heterocycles. The summed E-state index contributed by atoms with van der Waals surface area (Å²) in [6.07, 6.45) is 1.99. The monoisotopic (exact) mass is 408 g/mol. The number of hydrogen-bond acceptors (Lipinski definition) is 6. The summed E-state index contributed by atoms with van der Waals surface area (Å²) in [6.45, 7) is 3.11. The van der Waals surface area contributed by atoms with Crippen LogP contribution in [0.1, 0.15) is 12.5 Å². The Hall–Kier alpha value is -2.06. The maximum absolute atomic E-state index is 12.7. The molecule has 0 aliphatic carbocycles. The lowest BCUT2D eigenvalue weighted by atomic mass is 10.2. The lowest BCUT2D eigenvalue weighted by molar-refractivity contribution is 0.473. The van der Waals surface area contributed by atoms with Gasteiger partial charge in [-0.15, -0.1) is 0 Å². The summed E-state index contributed by atoms with van der Waals surface area (Å²) in [4.78, 5) is 17.0. The molecule has 1 aromatic carbocycles. The molecular weight excluding hydrogens is 388 g/mol. The Morgan fingerprint density at radius 1 is 1.04 bits per heavy atom.